The Morgan fingerprint density at radius 1 is 0.864 bits per heavy atom. The highest BCUT2D eigenvalue weighted by molar-refractivity contribution is 5.91. The van der Waals surface area contributed by atoms with Crippen molar-refractivity contribution in [2.75, 3.05) is 112 Å². The Hall–Kier alpha value is -2.49. The van der Waals surface area contributed by atoms with Crippen LogP contribution in [-0.4, -0.2) is 135 Å². The number of aliphatic hydroxyl groups is 1. The zero-order valence-corrected chi connectivity index (χ0v) is 25.7. The van der Waals surface area contributed by atoms with Gasteiger partial charge in [0.25, 0.3) is 5.91 Å². The second-order valence-electron chi connectivity index (χ2n) is 10.3. The largest absolute Gasteiger partial charge is 0.459 e. The Morgan fingerprint density at radius 3 is 2.16 bits per heavy atom. The lowest BCUT2D eigenvalue weighted by molar-refractivity contribution is -0.172. The van der Waals surface area contributed by atoms with Crippen molar-refractivity contribution in [2.45, 2.75) is 25.6 Å². The van der Waals surface area contributed by atoms with Gasteiger partial charge in [-0.15, -0.1) is 0 Å². The lowest BCUT2D eigenvalue weighted by Crippen LogP contribution is -2.43. The summed E-state index contributed by atoms with van der Waals surface area (Å²) in [5.41, 5.74) is 0.951. The molecule has 3 aliphatic rings. The molecule has 4 rings (SSSR count). The molecule has 1 aromatic rings. The van der Waals surface area contributed by atoms with Crippen molar-refractivity contribution in [1.82, 2.24) is 4.90 Å². The summed E-state index contributed by atoms with van der Waals surface area (Å²) in [5, 5.41) is 8.89. The highest BCUT2D eigenvalue weighted by atomic mass is 16.7. The molecule has 0 spiro atoms. The number of hydrogen-bond acceptors (Lipinski definition) is 12. The molecule has 0 bridgehead atoms. The van der Waals surface area contributed by atoms with Gasteiger partial charge in [0.1, 0.15) is 0 Å². The smallest absolute Gasteiger partial charge is 0.288 e. The van der Waals surface area contributed by atoms with Crippen LogP contribution in [0.4, 0.5) is 0 Å². The summed E-state index contributed by atoms with van der Waals surface area (Å²) >= 11 is 0. The Bertz CT molecular complexity index is 992. The van der Waals surface area contributed by atoms with Gasteiger partial charge in [-0.25, -0.2) is 0 Å². The van der Waals surface area contributed by atoms with Gasteiger partial charge in [0.2, 0.25) is 13.1 Å². The highest BCUT2D eigenvalue weighted by Gasteiger charge is 2.39. The molecule has 0 aliphatic carbocycles. The van der Waals surface area contributed by atoms with Crippen LogP contribution in [0.3, 0.4) is 0 Å². The molecule has 0 aromatic heterocycles. The summed E-state index contributed by atoms with van der Waals surface area (Å²) in [7, 11) is 0. The molecule has 1 saturated heterocycles. The molecule has 0 radical (unpaired) electrons. The third kappa shape index (κ3) is 10.8. The fraction of sp³-hybridized carbons (Fsp3) is 0.710. The van der Waals surface area contributed by atoms with E-state index in [4.69, 9.17) is 52.5 Å². The first kappa shape index (κ1) is 34.4. The predicted octanol–water partition coefficient (Wildman–Crippen LogP) is 1.72. The summed E-state index contributed by atoms with van der Waals surface area (Å²) in [6.07, 6.45) is 1.81. The van der Waals surface area contributed by atoms with E-state index in [-0.39, 0.29) is 43.5 Å². The van der Waals surface area contributed by atoms with Crippen LogP contribution in [0.5, 0.6) is 11.5 Å². The summed E-state index contributed by atoms with van der Waals surface area (Å²) < 4.78 is 57.2. The van der Waals surface area contributed by atoms with E-state index in [1.54, 1.807) is 4.90 Å². The van der Waals surface area contributed by atoms with Crippen molar-refractivity contribution in [2.24, 2.45) is 5.92 Å². The molecule has 13 heteroatoms. The second-order valence-corrected chi connectivity index (χ2v) is 10.3. The monoisotopic (exact) mass is 625 g/mol. The minimum Gasteiger partial charge on any atom is -0.459 e. The van der Waals surface area contributed by atoms with Crippen LogP contribution < -0.4 is 9.47 Å². The van der Waals surface area contributed by atoms with Crippen LogP contribution in [-0.2, 0) is 42.7 Å². The average molecular weight is 626 g/mol. The van der Waals surface area contributed by atoms with Gasteiger partial charge in [-0.1, -0.05) is 6.07 Å². The molecule has 1 fully saturated rings. The van der Waals surface area contributed by atoms with Crippen molar-refractivity contribution in [3.63, 3.8) is 0 Å². The third-order valence-corrected chi connectivity index (χ3v) is 7.33. The Morgan fingerprint density at radius 2 is 1.50 bits per heavy atom. The summed E-state index contributed by atoms with van der Waals surface area (Å²) in [6, 6.07) is 5.82. The van der Waals surface area contributed by atoms with E-state index in [1.807, 2.05) is 31.2 Å². The van der Waals surface area contributed by atoms with E-state index in [0.29, 0.717) is 110 Å². The molecular weight excluding hydrogens is 578 g/mol. The molecule has 1 aromatic carbocycles. The van der Waals surface area contributed by atoms with Gasteiger partial charge in [0, 0.05) is 38.1 Å². The molecule has 1 N–H and O–H groups in total. The lowest BCUT2D eigenvalue weighted by atomic mass is 9.81. The van der Waals surface area contributed by atoms with Gasteiger partial charge in [-0.3, -0.25) is 4.79 Å². The standard InChI is InChI=1S/C31H47NO12/c1-2-41-31-25(5-9-35-13-16-38-12-8-33)26(24-3-4-27-28(21-24)43-23-42-27)22-29(44-31)30(34)32-6-10-36-14-17-39-19-20-40-18-15-37-11-7-32/h3-4,21-22,25-26,31,33H,2,5-20,23H2,1H3. The van der Waals surface area contributed by atoms with Gasteiger partial charge in [0.15, 0.2) is 17.3 Å². The van der Waals surface area contributed by atoms with E-state index in [1.165, 1.54) is 0 Å². The Labute approximate surface area is 259 Å². The average Bonchev–Trinajstić information content (AvgIpc) is 3.51. The minimum absolute atomic E-state index is 0.0263. The van der Waals surface area contributed by atoms with Crippen LogP contribution >= 0.6 is 0 Å². The zero-order chi connectivity index (χ0) is 30.8. The number of fused-ring (bicyclic) bond motifs is 1. The fourth-order valence-electron chi connectivity index (χ4n) is 5.12. The first-order valence-corrected chi connectivity index (χ1v) is 15.5. The quantitative estimate of drug-likeness (QED) is 0.339. The zero-order valence-electron chi connectivity index (χ0n) is 25.7. The molecule has 13 nitrogen and oxygen atoms in total. The maximum atomic E-state index is 14.0. The molecule has 3 atom stereocenters. The number of ether oxygens (including phenoxy) is 10. The molecule has 1 amide bonds. The van der Waals surface area contributed by atoms with Crippen molar-refractivity contribution < 1.29 is 57.3 Å². The first-order chi connectivity index (χ1) is 21.7. The number of carbonyl (C=O) groups excluding carboxylic acids is 1. The van der Waals surface area contributed by atoms with Crippen molar-refractivity contribution in [3.8, 4) is 11.5 Å². The number of amides is 1. The number of aliphatic hydroxyl groups excluding tert-OH is 1. The Balaban J connectivity index is 1.51. The van der Waals surface area contributed by atoms with Gasteiger partial charge in [0.05, 0.1) is 79.3 Å². The van der Waals surface area contributed by atoms with Crippen LogP contribution in [0.2, 0.25) is 0 Å². The maximum Gasteiger partial charge on any atom is 0.288 e. The van der Waals surface area contributed by atoms with E-state index in [0.717, 1.165) is 5.56 Å². The Kier molecular flexibility index (Phi) is 15.5. The first-order valence-electron chi connectivity index (χ1n) is 15.5. The molecule has 0 saturated carbocycles. The van der Waals surface area contributed by atoms with E-state index < -0.39 is 6.29 Å². The molecule has 3 heterocycles. The van der Waals surface area contributed by atoms with Crippen molar-refractivity contribution in [1.29, 1.82) is 0 Å². The predicted molar refractivity (Wildman–Crippen MR) is 157 cm³/mol. The van der Waals surface area contributed by atoms with Gasteiger partial charge in [-0.05, 0) is 37.1 Å². The SMILES string of the molecule is CCOC1OC(C(=O)N2CCOCCOCCOCCOCC2)=CC(c2ccc3c(c2)OCO3)C1CCOCCOCCO. The van der Waals surface area contributed by atoms with Crippen LogP contribution in [0.25, 0.3) is 0 Å². The normalized spacial score (nSPS) is 23.7. The topological polar surface area (TPSA) is 133 Å². The number of nitrogens with zero attached hydrogens (tertiary/aromatic N) is 1. The molecule has 3 unspecified atom stereocenters. The van der Waals surface area contributed by atoms with Gasteiger partial charge >= 0.3 is 0 Å². The van der Waals surface area contributed by atoms with E-state index in [2.05, 4.69) is 0 Å². The van der Waals surface area contributed by atoms with Crippen LogP contribution in [0, 0.1) is 5.92 Å². The molecular formula is C31H47NO12. The highest BCUT2D eigenvalue weighted by Crippen LogP contribution is 2.42. The van der Waals surface area contributed by atoms with Crippen molar-refractivity contribution in [3.05, 3.63) is 35.6 Å². The number of hydrogen-bond donors (Lipinski definition) is 1. The van der Waals surface area contributed by atoms with E-state index >= 15 is 0 Å². The number of allylic oxidation sites excluding steroid dienone is 1. The third-order valence-electron chi connectivity index (χ3n) is 7.33. The summed E-state index contributed by atoms with van der Waals surface area (Å²) in [6.45, 7) is 8.13. The lowest BCUT2D eigenvalue weighted by Gasteiger charge is -2.38. The summed E-state index contributed by atoms with van der Waals surface area (Å²) in [4.78, 5) is 15.7. The number of carbonyl (C=O) groups is 1. The molecule has 44 heavy (non-hydrogen) atoms. The van der Waals surface area contributed by atoms with Gasteiger partial charge < -0.3 is 57.4 Å². The van der Waals surface area contributed by atoms with E-state index in [9.17, 15) is 4.79 Å². The van der Waals surface area contributed by atoms with Crippen LogP contribution in [0.15, 0.2) is 30.0 Å². The number of rotatable bonds is 12. The molecule has 248 valence electrons. The molecule has 3 aliphatic heterocycles. The van der Waals surface area contributed by atoms with Gasteiger partial charge in [-0.2, -0.15) is 0 Å². The van der Waals surface area contributed by atoms with Crippen LogP contribution in [0.1, 0.15) is 24.8 Å². The number of benzene rings is 1. The van der Waals surface area contributed by atoms with Crippen molar-refractivity contribution >= 4 is 5.91 Å². The fourth-order valence-corrected chi connectivity index (χ4v) is 5.12. The maximum absolute atomic E-state index is 14.0. The minimum atomic E-state index is -0.682. The second kappa shape index (κ2) is 19.8. The summed E-state index contributed by atoms with van der Waals surface area (Å²) in [5.74, 6) is 0.910.